The number of likely N-dealkylation sites (N-methyl/N-ethyl adjacent to an activating group) is 1. The number of anilines is 1. The average molecular weight is 218 g/mol. The number of benzene rings is 1. The van der Waals surface area contributed by atoms with Gasteiger partial charge in [0, 0.05) is 0 Å². The molecule has 1 aromatic carbocycles. The third kappa shape index (κ3) is 2.38. The molecule has 1 aromatic heterocycles. The van der Waals surface area contributed by atoms with Crippen LogP contribution >= 0.6 is 0 Å². The van der Waals surface area contributed by atoms with Crippen molar-refractivity contribution in [3.05, 3.63) is 24.3 Å². The standard InChI is InChI=1S/C11H14N4O/c1-2-12-7-10(16)15-11-13-8-5-3-4-6-9(8)14-11/h3-6,12H,2,7H2,1H3,(H2,13,14,15,16). The Morgan fingerprint density at radius 3 is 3.00 bits per heavy atom. The molecule has 0 atom stereocenters. The Bertz CT molecular complexity index is 458. The van der Waals surface area contributed by atoms with Gasteiger partial charge >= 0.3 is 0 Å². The first kappa shape index (κ1) is 10.6. The van der Waals surface area contributed by atoms with Crippen molar-refractivity contribution in [2.45, 2.75) is 6.92 Å². The molecule has 2 rings (SSSR count). The molecular formula is C11H14N4O. The normalized spacial score (nSPS) is 10.6. The molecule has 16 heavy (non-hydrogen) atoms. The molecule has 0 aliphatic heterocycles. The molecule has 1 heterocycles. The second-order valence-corrected chi connectivity index (χ2v) is 3.43. The van der Waals surface area contributed by atoms with Gasteiger partial charge in [-0.3, -0.25) is 10.1 Å². The summed E-state index contributed by atoms with van der Waals surface area (Å²) in [5, 5.41) is 5.65. The molecule has 0 spiro atoms. The van der Waals surface area contributed by atoms with E-state index in [4.69, 9.17) is 0 Å². The summed E-state index contributed by atoms with van der Waals surface area (Å²) < 4.78 is 0. The van der Waals surface area contributed by atoms with Crippen LogP contribution in [-0.4, -0.2) is 29.0 Å². The smallest absolute Gasteiger partial charge is 0.240 e. The van der Waals surface area contributed by atoms with Gasteiger partial charge in [-0.05, 0) is 18.7 Å². The van der Waals surface area contributed by atoms with E-state index < -0.39 is 0 Å². The lowest BCUT2D eigenvalue weighted by Gasteiger charge is -2.01. The van der Waals surface area contributed by atoms with Crippen LogP contribution in [0.5, 0.6) is 0 Å². The number of carbonyl (C=O) groups excluding carboxylic acids is 1. The van der Waals surface area contributed by atoms with Crippen molar-refractivity contribution in [1.82, 2.24) is 15.3 Å². The van der Waals surface area contributed by atoms with E-state index in [0.717, 1.165) is 17.6 Å². The number of amides is 1. The molecule has 1 amide bonds. The van der Waals surface area contributed by atoms with Crippen molar-refractivity contribution in [1.29, 1.82) is 0 Å². The first-order chi connectivity index (χ1) is 7.79. The van der Waals surface area contributed by atoms with E-state index in [-0.39, 0.29) is 5.91 Å². The number of aromatic nitrogens is 2. The van der Waals surface area contributed by atoms with Crippen LogP contribution in [0.15, 0.2) is 24.3 Å². The average Bonchev–Trinajstić information content (AvgIpc) is 2.68. The number of imidazole rings is 1. The maximum Gasteiger partial charge on any atom is 0.240 e. The lowest BCUT2D eigenvalue weighted by Crippen LogP contribution is -2.28. The number of fused-ring (bicyclic) bond motifs is 1. The van der Waals surface area contributed by atoms with Crippen LogP contribution in [0.1, 0.15) is 6.92 Å². The highest BCUT2D eigenvalue weighted by atomic mass is 16.2. The fourth-order valence-electron chi connectivity index (χ4n) is 1.43. The Kier molecular flexibility index (Phi) is 3.16. The van der Waals surface area contributed by atoms with Crippen LogP contribution in [-0.2, 0) is 4.79 Å². The highest BCUT2D eigenvalue weighted by Crippen LogP contribution is 2.12. The molecule has 0 aliphatic rings. The van der Waals surface area contributed by atoms with Crippen LogP contribution in [0.4, 0.5) is 5.95 Å². The SMILES string of the molecule is CCNCC(=O)Nc1nc2ccccc2[nH]1. The van der Waals surface area contributed by atoms with Crippen LogP contribution in [0.25, 0.3) is 11.0 Å². The number of nitrogens with one attached hydrogen (secondary N) is 3. The minimum Gasteiger partial charge on any atom is -0.324 e. The van der Waals surface area contributed by atoms with Gasteiger partial charge in [0.05, 0.1) is 17.6 Å². The number of nitrogens with zero attached hydrogens (tertiary/aromatic N) is 1. The van der Waals surface area contributed by atoms with Gasteiger partial charge in [0.2, 0.25) is 11.9 Å². The van der Waals surface area contributed by atoms with E-state index in [9.17, 15) is 4.79 Å². The summed E-state index contributed by atoms with van der Waals surface area (Å²) in [6, 6.07) is 7.65. The second kappa shape index (κ2) is 4.76. The van der Waals surface area contributed by atoms with Gasteiger partial charge in [-0.2, -0.15) is 0 Å². The van der Waals surface area contributed by atoms with Crippen LogP contribution in [0.3, 0.4) is 0 Å². The second-order valence-electron chi connectivity index (χ2n) is 3.43. The Balaban J connectivity index is 2.07. The molecule has 0 unspecified atom stereocenters. The summed E-state index contributed by atoms with van der Waals surface area (Å²) in [7, 11) is 0. The molecule has 0 radical (unpaired) electrons. The molecule has 0 fully saturated rings. The summed E-state index contributed by atoms with van der Waals surface area (Å²) in [5.41, 5.74) is 1.77. The summed E-state index contributed by atoms with van der Waals surface area (Å²) >= 11 is 0. The Morgan fingerprint density at radius 2 is 2.25 bits per heavy atom. The van der Waals surface area contributed by atoms with Gasteiger partial charge in [-0.1, -0.05) is 19.1 Å². The number of hydrogen-bond acceptors (Lipinski definition) is 3. The molecule has 0 saturated carbocycles. The largest absolute Gasteiger partial charge is 0.324 e. The van der Waals surface area contributed by atoms with E-state index >= 15 is 0 Å². The van der Waals surface area contributed by atoms with Gasteiger partial charge in [-0.25, -0.2) is 4.98 Å². The number of para-hydroxylation sites is 2. The minimum absolute atomic E-state index is 0.0964. The fraction of sp³-hybridized carbons (Fsp3) is 0.273. The van der Waals surface area contributed by atoms with Crippen molar-refractivity contribution in [3.8, 4) is 0 Å². The first-order valence-corrected chi connectivity index (χ1v) is 5.25. The molecule has 3 N–H and O–H groups in total. The van der Waals surface area contributed by atoms with Gasteiger partial charge in [0.1, 0.15) is 0 Å². The summed E-state index contributed by atoms with van der Waals surface area (Å²) in [5.74, 6) is 0.394. The highest BCUT2D eigenvalue weighted by molar-refractivity contribution is 5.92. The molecule has 84 valence electrons. The van der Waals surface area contributed by atoms with Crippen LogP contribution < -0.4 is 10.6 Å². The zero-order chi connectivity index (χ0) is 11.4. The van der Waals surface area contributed by atoms with Gasteiger partial charge in [-0.15, -0.1) is 0 Å². The third-order valence-corrected chi connectivity index (χ3v) is 2.18. The van der Waals surface area contributed by atoms with E-state index in [1.807, 2.05) is 31.2 Å². The van der Waals surface area contributed by atoms with Crippen molar-refractivity contribution in [2.75, 3.05) is 18.4 Å². The maximum absolute atomic E-state index is 11.4. The predicted octanol–water partition coefficient (Wildman–Crippen LogP) is 1.11. The molecule has 5 nitrogen and oxygen atoms in total. The Hall–Kier alpha value is -1.88. The number of aromatic amines is 1. The molecule has 5 heteroatoms. The zero-order valence-corrected chi connectivity index (χ0v) is 9.08. The molecular weight excluding hydrogens is 204 g/mol. The Labute approximate surface area is 93.3 Å². The summed E-state index contributed by atoms with van der Waals surface area (Å²) in [4.78, 5) is 18.7. The highest BCUT2D eigenvalue weighted by Gasteiger charge is 2.05. The third-order valence-electron chi connectivity index (χ3n) is 2.18. The van der Waals surface area contributed by atoms with E-state index in [0.29, 0.717) is 12.5 Å². The van der Waals surface area contributed by atoms with Crippen LogP contribution in [0.2, 0.25) is 0 Å². The van der Waals surface area contributed by atoms with E-state index in [1.165, 1.54) is 0 Å². The lowest BCUT2D eigenvalue weighted by molar-refractivity contribution is -0.115. The number of H-pyrrole nitrogens is 1. The fourth-order valence-corrected chi connectivity index (χ4v) is 1.43. The molecule has 0 bridgehead atoms. The first-order valence-electron chi connectivity index (χ1n) is 5.25. The van der Waals surface area contributed by atoms with Crippen molar-refractivity contribution >= 4 is 22.9 Å². The van der Waals surface area contributed by atoms with Gasteiger partial charge in [0.25, 0.3) is 0 Å². The van der Waals surface area contributed by atoms with Gasteiger partial charge < -0.3 is 10.3 Å². The van der Waals surface area contributed by atoms with Crippen LogP contribution in [0, 0.1) is 0 Å². The van der Waals surface area contributed by atoms with Crippen molar-refractivity contribution in [2.24, 2.45) is 0 Å². The minimum atomic E-state index is -0.0964. The Morgan fingerprint density at radius 1 is 1.44 bits per heavy atom. The molecule has 0 saturated heterocycles. The monoisotopic (exact) mass is 218 g/mol. The van der Waals surface area contributed by atoms with Gasteiger partial charge in [0.15, 0.2) is 0 Å². The van der Waals surface area contributed by atoms with Crippen molar-refractivity contribution in [3.63, 3.8) is 0 Å². The predicted molar refractivity (Wildman–Crippen MR) is 63.3 cm³/mol. The van der Waals surface area contributed by atoms with E-state index in [1.54, 1.807) is 0 Å². The number of rotatable bonds is 4. The summed E-state index contributed by atoms with van der Waals surface area (Å²) in [6.45, 7) is 3.02. The molecule has 2 aromatic rings. The quantitative estimate of drug-likeness (QED) is 0.720. The van der Waals surface area contributed by atoms with E-state index in [2.05, 4.69) is 20.6 Å². The van der Waals surface area contributed by atoms with Crippen molar-refractivity contribution < 1.29 is 4.79 Å². The maximum atomic E-state index is 11.4. The topological polar surface area (TPSA) is 69.8 Å². The summed E-state index contributed by atoms with van der Waals surface area (Å²) in [6.07, 6.45) is 0. The number of hydrogen-bond donors (Lipinski definition) is 3. The zero-order valence-electron chi connectivity index (χ0n) is 9.08. The number of carbonyl (C=O) groups is 1. The lowest BCUT2D eigenvalue weighted by atomic mass is 10.3. The molecule has 0 aliphatic carbocycles.